The molecule has 1 saturated heterocycles. The van der Waals surface area contributed by atoms with Crippen molar-refractivity contribution in [2.24, 2.45) is 0 Å². The van der Waals surface area contributed by atoms with Crippen molar-refractivity contribution in [2.75, 3.05) is 18.1 Å². The van der Waals surface area contributed by atoms with E-state index in [9.17, 15) is 9.18 Å². The van der Waals surface area contributed by atoms with Gasteiger partial charge in [-0.25, -0.2) is 9.37 Å². The summed E-state index contributed by atoms with van der Waals surface area (Å²) < 4.78 is 22.3. The lowest BCUT2D eigenvalue weighted by Crippen LogP contribution is -2.25. The first-order valence-electron chi connectivity index (χ1n) is 10.4. The molecule has 0 unspecified atom stereocenters. The second-order valence-electron chi connectivity index (χ2n) is 7.63. The molecule has 1 atom stereocenters. The summed E-state index contributed by atoms with van der Waals surface area (Å²) in [7, 11) is 0. The quantitative estimate of drug-likeness (QED) is 0.456. The number of fused-ring (bicyclic) bond motifs is 1. The third-order valence-corrected chi connectivity index (χ3v) is 5.64. The van der Waals surface area contributed by atoms with Crippen LogP contribution >= 0.6 is 0 Å². The zero-order chi connectivity index (χ0) is 21.2. The number of amides is 1. The van der Waals surface area contributed by atoms with Crippen molar-refractivity contribution < 1.29 is 13.9 Å². The van der Waals surface area contributed by atoms with Crippen molar-refractivity contribution in [3.8, 4) is 5.75 Å². The molecule has 5 nitrogen and oxygen atoms in total. The molecule has 0 N–H and O–H groups in total. The molecule has 31 heavy (non-hydrogen) atoms. The molecule has 0 bridgehead atoms. The van der Waals surface area contributed by atoms with Crippen LogP contribution in [-0.4, -0.2) is 28.6 Å². The molecule has 0 spiro atoms. The van der Waals surface area contributed by atoms with E-state index in [1.165, 1.54) is 11.0 Å². The summed E-state index contributed by atoms with van der Waals surface area (Å²) in [6, 6.07) is 24.0. The monoisotopic (exact) mass is 415 g/mol. The van der Waals surface area contributed by atoms with Gasteiger partial charge in [-0.3, -0.25) is 4.79 Å². The maximum atomic E-state index is 14.3. The molecule has 0 radical (unpaired) electrons. The highest BCUT2D eigenvalue weighted by Crippen LogP contribution is 2.34. The number of hydrogen-bond acceptors (Lipinski definition) is 3. The van der Waals surface area contributed by atoms with Crippen molar-refractivity contribution >= 4 is 22.6 Å². The predicted molar refractivity (Wildman–Crippen MR) is 118 cm³/mol. The fourth-order valence-electron chi connectivity index (χ4n) is 4.20. The Balaban J connectivity index is 1.42. The minimum absolute atomic E-state index is 0.0887. The van der Waals surface area contributed by atoms with Crippen molar-refractivity contribution in [3.05, 3.63) is 90.5 Å². The van der Waals surface area contributed by atoms with Crippen molar-refractivity contribution in [1.82, 2.24) is 9.55 Å². The van der Waals surface area contributed by atoms with E-state index in [4.69, 9.17) is 9.72 Å². The number of aromatic nitrogens is 2. The SMILES string of the molecule is O=C1C[C@H](c2nc3ccccc3n2CCOc2ccccc2)CN1c1ccccc1F. The number of nitrogens with zero attached hydrogens (tertiary/aromatic N) is 3. The molecule has 1 amide bonds. The van der Waals surface area contributed by atoms with Crippen molar-refractivity contribution in [2.45, 2.75) is 18.9 Å². The van der Waals surface area contributed by atoms with Gasteiger partial charge in [0.15, 0.2) is 0 Å². The van der Waals surface area contributed by atoms with Gasteiger partial charge in [-0.15, -0.1) is 0 Å². The van der Waals surface area contributed by atoms with Gasteiger partial charge in [-0.2, -0.15) is 0 Å². The Morgan fingerprint density at radius 2 is 1.71 bits per heavy atom. The molecule has 1 aromatic heterocycles. The standard InChI is InChI=1S/C25H22FN3O2/c26-20-10-4-6-12-22(20)29-17-18(16-24(29)30)25-27-21-11-5-7-13-23(21)28(25)14-15-31-19-8-2-1-3-9-19/h1-13,18H,14-17H2/t18-/m0/s1. The summed E-state index contributed by atoms with van der Waals surface area (Å²) in [5, 5.41) is 0. The average Bonchev–Trinajstić information content (AvgIpc) is 3.35. The summed E-state index contributed by atoms with van der Waals surface area (Å²) in [5.74, 6) is 1.06. The molecule has 3 aromatic carbocycles. The zero-order valence-electron chi connectivity index (χ0n) is 16.9. The summed E-state index contributed by atoms with van der Waals surface area (Å²) in [6.07, 6.45) is 0.303. The topological polar surface area (TPSA) is 47.4 Å². The van der Waals surface area contributed by atoms with Gasteiger partial charge in [0, 0.05) is 18.9 Å². The number of halogens is 1. The Morgan fingerprint density at radius 1 is 0.968 bits per heavy atom. The van der Waals surface area contributed by atoms with Gasteiger partial charge in [0.2, 0.25) is 5.91 Å². The van der Waals surface area contributed by atoms with Gasteiger partial charge in [0.25, 0.3) is 0 Å². The number of benzene rings is 3. The minimum atomic E-state index is -0.388. The summed E-state index contributed by atoms with van der Waals surface area (Å²) in [5.41, 5.74) is 2.21. The second kappa shape index (κ2) is 8.22. The highest BCUT2D eigenvalue weighted by atomic mass is 19.1. The van der Waals surface area contributed by atoms with Crippen LogP contribution in [0, 0.1) is 5.82 Å². The third-order valence-electron chi connectivity index (χ3n) is 5.64. The molecule has 1 aliphatic heterocycles. The number of rotatable bonds is 6. The van der Waals surface area contributed by atoms with Gasteiger partial charge in [0.1, 0.15) is 24.0 Å². The van der Waals surface area contributed by atoms with E-state index in [2.05, 4.69) is 4.57 Å². The van der Waals surface area contributed by atoms with Crippen LogP contribution in [0.25, 0.3) is 11.0 Å². The molecule has 1 fully saturated rings. The average molecular weight is 415 g/mol. The van der Waals surface area contributed by atoms with Gasteiger partial charge in [-0.05, 0) is 36.4 Å². The van der Waals surface area contributed by atoms with E-state index in [0.29, 0.717) is 31.8 Å². The highest BCUT2D eigenvalue weighted by molar-refractivity contribution is 5.96. The van der Waals surface area contributed by atoms with Crippen LogP contribution in [0.1, 0.15) is 18.2 Å². The first kappa shape index (κ1) is 19.3. The maximum Gasteiger partial charge on any atom is 0.227 e. The first-order valence-corrected chi connectivity index (χ1v) is 10.4. The Labute approximate surface area is 179 Å². The molecule has 1 aliphatic rings. The summed E-state index contributed by atoms with van der Waals surface area (Å²) >= 11 is 0. The Kier molecular flexibility index (Phi) is 5.12. The number of imidazole rings is 1. The second-order valence-corrected chi connectivity index (χ2v) is 7.63. The molecule has 6 heteroatoms. The summed E-state index contributed by atoms with van der Waals surface area (Å²) in [6.45, 7) is 1.49. The first-order chi connectivity index (χ1) is 15.2. The molecule has 0 saturated carbocycles. The van der Waals surface area contributed by atoms with Gasteiger partial charge in [-0.1, -0.05) is 42.5 Å². The van der Waals surface area contributed by atoms with Crippen LogP contribution in [-0.2, 0) is 11.3 Å². The zero-order valence-corrected chi connectivity index (χ0v) is 16.9. The lowest BCUT2D eigenvalue weighted by atomic mass is 10.1. The molecular weight excluding hydrogens is 393 g/mol. The molecule has 0 aliphatic carbocycles. The molecule has 156 valence electrons. The Bertz CT molecular complexity index is 1220. The lowest BCUT2D eigenvalue weighted by molar-refractivity contribution is -0.117. The van der Waals surface area contributed by atoms with Gasteiger partial charge < -0.3 is 14.2 Å². The number of para-hydroxylation sites is 4. The number of carbonyl (C=O) groups excluding carboxylic acids is 1. The maximum absolute atomic E-state index is 14.3. The van der Waals surface area contributed by atoms with Crippen molar-refractivity contribution in [3.63, 3.8) is 0 Å². The molecular formula is C25H22FN3O2. The van der Waals surface area contributed by atoms with Crippen LogP contribution < -0.4 is 9.64 Å². The Hall–Kier alpha value is -3.67. The fourth-order valence-corrected chi connectivity index (χ4v) is 4.20. The molecule has 5 rings (SSSR count). The normalized spacial score (nSPS) is 16.2. The predicted octanol–water partition coefficient (Wildman–Crippen LogP) is 4.77. The van der Waals surface area contributed by atoms with Gasteiger partial charge in [0.05, 0.1) is 23.3 Å². The van der Waals surface area contributed by atoms with E-state index >= 15 is 0 Å². The van der Waals surface area contributed by atoms with Crippen molar-refractivity contribution in [1.29, 1.82) is 0 Å². The van der Waals surface area contributed by atoms with E-state index in [0.717, 1.165) is 22.6 Å². The number of anilines is 1. The fraction of sp³-hybridized carbons (Fsp3) is 0.200. The highest BCUT2D eigenvalue weighted by Gasteiger charge is 2.35. The largest absolute Gasteiger partial charge is 0.492 e. The van der Waals surface area contributed by atoms with E-state index in [1.54, 1.807) is 18.2 Å². The number of ether oxygens (including phenoxy) is 1. The van der Waals surface area contributed by atoms with Crippen LogP contribution in [0.2, 0.25) is 0 Å². The van der Waals surface area contributed by atoms with Crippen LogP contribution in [0.4, 0.5) is 10.1 Å². The summed E-state index contributed by atoms with van der Waals surface area (Å²) in [4.78, 5) is 19.1. The van der Waals surface area contributed by atoms with E-state index < -0.39 is 0 Å². The number of hydrogen-bond donors (Lipinski definition) is 0. The van der Waals surface area contributed by atoms with Gasteiger partial charge >= 0.3 is 0 Å². The lowest BCUT2D eigenvalue weighted by Gasteiger charge is -2.18. The molecule has 4 aromatic rings. The number of carbonyl (C=O) groups is 1. The smallest absolute Gasteiger partial charge is 0.227 e. The van der Waals surface area contributed by atoms with E-state index in [-0.39, 0.29) is 17.6 Å². The van der Waals surface area contributed by atoms with E-state index in [1.807, 2.05) is 54.6 Å². The van der Waals surface area contributed by atoms with Crippen LogP contribution in [0.15, 0.2) is 78.9 Å². The Morgan fingerprint density at radius 3 is 2.55 bits per heavy atom. The third kappa shape index (κ3) is 3.77. The van der Waals surface area contributed by atoms with Crippen LogP contribution in [0.5, 0.6) is 5.75 Å². The van der Waals surface area contributed by atoms with Crippen LogP contribution in [0.3, 0.4) is 0 Å². The molecule has 2 heterocycles. The minimum Gasteiger partial charge on any atom is -0.492 e.